The quantitative estimate of drug-likeness (QED) is 0.779. The van der Waals surface area contributed by atoms with E-state index in [1.54, 1.807) is 6.92 Å². The zero-order valence-electron chi connectivity index (χ0n) is 11.6. The summed E-state index contributed by atoms with van der Waals surface area (Å²) in [4.78, 5) is 22.5. The number of carboxylic acid groups (broad SMARTS) is 1. The number of carbonyl (C=O) groups is 2. The average molecular weight is 277 g/mol. The summed E-state index contributed by atoms with van der Waals surface area (Å²) in [5, 5.41) is 11.3. The van der Waals surface area contributed by atoms with Crippen LogP contribution in [0.15, 0.2) is 0 Å². The van der Waals surface area contributed by atoms with Gasteiger partial charge in [0, 0.05) is 0 Å². The summed E-state index contributed by atoms with van der Waals surface area (Å²) in [5.41, 5.74) is -0.171. The molecule has 106 valence electrons. The molecule has 18 heavy (non-hydrogen) atoms. The third-order valence-corrected chi connectivity index (χ3v) is 3.35. The Morgan fingerprint density at radius 2 is 1.94 bits per heavy atom. The van der Waals surface area contributed by atoms with Crippen LogP contribution in [0.5, 0.6) is 0 Å². The van der Waals surface area contributed by atoms with Crippen molar-refractivity contribution in [3.8, 4) is 0 Å². The third-order valence-electron chi connectivity index (χ3n) is 2.70. The lowest BCUT2D eigenvalue weighted by molar-refractivity contribution is -0.139. The van der Waals surface area contributed by atoms with Gasteiger partial charge in [-0.25, -0.2) is 9.59 Å². The topological polar surface area (TPSA) is 75.6 Å². The summed E-state index contributed by atoms with van der Waals surface area (Å²) < 4.78 is 5.16. The van der Waals surface area contributed by atoms with E-state index < -0.39 is 18.1 Å². The Hall–Kier alpha value is -0.910. The van der Waals surface area contributed by atoms with Crippen LogP contribution in [0.25, 0.3) is 0 Å². The second-order valence-corrected chi connectivity index (χ2v) is 6.22. The highest BCUT2D eigenvalue weighted by Crippen LogP contribution is 2.21. The Morgan fingerprint density at radius 3 is 2.33 bits per heavy atom. The number of carboxylic acids is 1. The first-order valence-electron chi connectivity index (χ1n) is 5.87. The molecule has 0 saturated heterocycles. The maximum Gasteiger partial charge on any atom is 0.408 e. The van der Waals surface area contributed by atoms with Gasteiger partial charge in [-0.15, -0.1) is 0 Å². The number of aliphatic carboxylic acids is 1. The Morgan fingerprint density at radius 1 is 1.39 bits per heavy atom. The summed E-state index contributed by atoms with van der Waals surface area (Å²) in [7, 11) is 0. The highest BCUT2D eigenvalue weighted by atomic mass is 32.2. The maximum absolute atomic E-state index is 11.6. The van der Waals surface area contributed by atoms with Gasteiger partial charge >= 0.3 is 12.1 Å². The van der Waals surface area contributed by atoms with E-state index in [2.05, 4.69) is 5.32 Å². The Balaban J connectivity index is 4.30. The molecule has 5 nitrogen and oxygen atoms in total. The molecule has 0 aromatic heterocycles. The highest BCUT2D eigenvalue weighted by Gasteiger charge is 2.26. The summed E-state index contributed by atoms with van der Waals surface area (Å²) in [6.45, 7) is 7.64. The smallest absolute Gasteiger partial charge is 0.408 e. The minimum Gasteiger partial charge on any atom is -0.480 e. The van der Waals surface area contributed by atoms with Gasteiger partial charge in [-0.3, -0.25) is 0 Å². The van der Waals surface area contributed by atoms with Crippen molar-refractivity contribution in [1.29, 1.82) is 0 Å². The summed E-state index contributed by atoms with van der Waals surface area (Å²) in [5.74, 6) is -0.365. The van der Waals surface area contributed by atoms with Gasteiger partial charge in [0.2, 0.25) is 0 Å². The molecule has 1 unspecified atom stereocenters. The van der Waals surface area contributed by atoms with Gasteiger partial charge in [-0.2, -0.15) is 11.8 Å². The first-order chi connectivity index (χ1) is 8.18. The second-order valence-electron chi connectivity index (χ2n) is 5.23. The van der Waals surface area contributed by atoms with Gasteiger partial charge in [0.15, 0.2) is 0 Å². The molecule has 2 atom stereocenters. The standard InChI is InChI=1S/C12H23NO4S/c1-8(12(2,3)4)17-11(16)13-9(10(14)15)6-7-18-5/h8-9H,6-7H2,1-5H3,(H,13,16)(H,14,15)/t8?,9-/m0/s1. The molecule has 0 aromatic carbocycles. The molecule has 0 aliphatic rings. The van der Waals surface area contributed by atoms with Crippen molar-refractivity contribution in [3.05, 3.63) is 0 Å². The number of thioether (sulfide) groups is 1. The monoisotopic (exact) mass is 277 g/mol. The van der Waals surface area contributed by atoms with Crippen molar-refractivity contribution in [3.63, 3.8) is 0 Å². The Bertz CT molecular complexity index is 288. The molecule has 0 saturated carbocycles. The minimum atomic E-state index is -1.04. The van der Waals surface area contributed by atoms with E-state index in [1.807, 2.05) is 27.0 Å². The van der Waals surface area contributed by atoms with Gasteiger partial charge in [-0.1, -0.05) is 20.8 Å². The fraction of sp³-hybridized carbons (Fsp3) is 0.833. The van der Waals surface area contributed by atoms with Crippen LogP contribution in [0.4, 0.5) is 4.79 Å². The van der Waals surface area contributed by atoms with Crippen LogP contribution in [0, 0.1) is 5.41 Å². The molecule has 0 aliphatic carbocycles. The van der Waals surface area contributed by atoms with Crippen LogP contribution >= 0.6 is 11.8 Å². The van der Waals surface area contributed by atoms with Crippen LogP contribution in [-0.4, -0.2) is 41.3 Å². The molecule has 0 aromatic rings. The maximum atomic E-state index is 11.6. The lowest BCUT2D eigenvalue weighted by atomic mass is 9.90. The van der Waals surface area contributed by atoms with Gasteiger partial charge < -0.3 is 15.2 Å². The van der Waals surface area contributed by atoms with Crippen LogP contribution in [0.2, 0.25) is 0 Å². The van der Waals surface area contributed by atoms with E-state index >= 15 is 0 Å². The third kappa shape index (κ3) is 6.74. The van der Waals surface area contributed by atoms with Gasteiger partial charge in [0.25, 0.3) is 0 Å². The number of nitrogens with one attached hydrogen (secondary N) is 1. The first-order valence-corrected chi connectivity index (χ1v) is 7.26. The number of alkyl carbamates (subject to hydrolysis) is 1. The normalized spacial score (nSPS) is 14.7. The lowest BCUT2D eigenvalue weighted by Gasteiger charge is -2.27. The lowest BCUT2D eigenvalue weighted by Crippen LogP contribution is -2.43. The fourth-order valence-electron chi connectivity index (χ4n) is 1.01. The van der Waals surface area contributed by atoms with Crippen molar-refractivity contribution >= 4 is 23.8 Å². The second kappa shape index (κ2) is 7.51. The van der Waals surface area contributed by atoms with Crippen molar-refractivity contribution in [1.82, 2.24) is 5.32 Å². The van der Waals surface area contributed by atoms with E-state index in [0.29, 0.717) is 12.2 Å². The molecule has 0 heterocycles. The summed E-state index contributed by atoms with van der Waals surface area (Å²) in [6, 6.07) is -0.892. The first kappa shape index (κ1) is 17.1. The molecular formula is C12H23NO4S. The average Bonchev–Trinajstić information content (AvgIpc) is 2.22. The fourth-order valence-corrected chi connectivity index (χ4v) is 1.48. The van der Waals surface area contributed by atoms with Gasteiger partial charge in [0.05, 0.1) is 0 Å². The predicted molar refractivity (Wildman–Crippen MR) is 73.0 cm³/mol. The molecule has 0 spiro atoms. The van der Waals surface area contributed by atoms with E-state index in [1.165, 1.54) is 11.8 Å². The zero-order valence-corrected chi connectivity index (χ0v) is 12.5. The molecule has 0 rings (SSSR count). The van der Waals surface area contributed by atoms with Crippen LogP contribution in [0.3, 0.4) is 0 Å². The van der Waals surface area contributed by atoms with Crippen LogP contribution in [-0.2, 0) is 9.53 Å². The van der Waals surface area contributed by atoms with Crippen LogP contribution < -0.4 is 5.32 Å². The van der Waals surface area contributed by atoms with E-state index in [4.69, 9.17) is 9.84 Å². The summed E-state index contributed by atoms with van der Waals surface area (Å²) >= 11 is 1.54. The zero-order chi connectivity index (χ0) is 14.3. The molecule has 0 aliphatic heterocycles. The molecule has 2 N–H and O–H groups in total. The Kier molecular flexibility index (Phi) is 7.13. The largest absolute Gasteiger partial charge is 0.480 e. The van der Waals surface area contributed by atoms with Crippen molar-refractivity contribution < 1.29 is 19.4 Å². The van der Waals surface area contributed by atoms with E-state index in [-0.39, 0.29) is 11.5 Å². The number of hydrogen-bond donors (Lipinski definition) is 2. The Labute approximate surface area is 113 Å². The molecule has 0 radical (unpaired) electrons. The van der Waals surface area contributed by atoms with Gasteiger partial charge in [-0.05, 0) is 30.8 Å². The van der Waals surface area contributed by atoms with Gasteiger partial charge in [0.1, 0.15) is 12.1 Å². The summed E-state index contributed by atoms with van der Waals surface area (Å²) in [6.07, 6.45) is 1.31. The molecule has 6 heteroatoms. The SMILES string of the molecule is CSCC[C@H](NC(=O)OC(C)C(C)(C)C)C(=O)O. The number of rotatable bonds is 6. The molecular weight excluding hydrogens is 254 g/mol. The molecule has 0 bridgehead atoms. The van der Waals surface area contributed by atoms with Crippen molar-refractivity contribution in [2.45, 2.75) is 46.3 Å². The van der Waals surface area contributed by atoms with E-state index in [9.17, 15) is 9.59 Å². The number of amides is 1. The van der Waals surface area contributed by atoms with Crippen molar-refractivity contribution in [2.75, 3.05) is 12.0 Å². The minimum absolute atomic E-state index is 0.171. The number of ether oxygens (including phenoxy) is 1. The number of carbonyl (C=O) groups excluding carboxylic acids is 1. The predicted octanol–water partition coefficient (Wildman–Crippen LogP) is 2.35. The van der Waals surface area contributed by atoms with Crippen LogP contribution in [0.1, 0.15) is 34.1 Å². The highest BCUT2D eigenvalue weighted by molar-refractivity contribution is 7.98. The van der Waals surface area contributed by atoms with Crippen molar-refractivity contribution in [2.24, 2.45) is 5.41 Å². The molecule has 0 fully saturated rings. The number of hydrogen-bond acceptors (Lipinski definition) is 4. The molecule has 1 amide bonds. The van der Waals surface area contributed by atoms with E-state index in [0.717, 1.165) is 0 Å².